The highest BCUT2D eigenvalue weighted by Gasteiger charge is 2.27. The first-order chi connectivity index (χ1) is 4.24. The van der Waals surface area contributed by atoms with Crippen LogP contribution in [0.3, 0.4) is 0 Å². The summed E-state index contributed by atoms with van der Waals surface area (Å²) in [6, 6.07) is 0. The van der Waals surface area contributed by atoms with E-state index in [1.807, 2.05) is 0 Å². The number of rotatable bonds is 4. The van der Waals surface area contributed by atoms with Crippen molar-refractivity contribution in [3.05, 3.63) is 0 Å². The fourth-order valence-electron chi connectivity index (χ4n) is 1.34. The smallest absolute Gasteiger partial charge is 0.0565 e. The van der Waals surface area contributed by atoms with Crippen molar-refractivity contribution in [2.45, 2.75) is 27.7 Å². The lowest BCUT2D eigenvalue weighted by atomic mass is 10.9. The molecule has 0 saturated heterocycles. The molecular formula is C8H21IP+. The molecule has 0 unspecified atom stereocenters. The molecule has 0 heterocycles. The van der Waals surface area contributed by atoms with Crippen molar-refractivity contribution in [3.8, 4) is 0 Å². The van der Waals surface area contributed by atoms with Crippen LogP contribution >= 0.6 is 31.2 Å². The normalized spacial score (nSPS) is 10.8. The van der Waals surface area contributed by atoms with Crippen molar-refractivity contribution >= 4 is 31.2 Å². The Balaban J connectivity index is 0. The molecule has 0 aromatic heterocycles. The van der Waals surface area contributed by atoms with E-state index in [2.05, 4.69) is 27.7 Å². The minimum atomic E-state index is -0.420. The van der Waals surface area contributed by atoms with Crippen LogP contribution < -0.4 is 0 Å². The summed E-state index contributed by atoms with van der Waals surface area (Å²) >= 11 is 0. The van der Waals surface area contributed by atoms with Gasteiger partial charge in [0.1, 0.15) is 0 Å². The summed E-state index contributed by atoms with van der Waals surface area (Å²) in [4.78, 5) is 0. The Morgan fingerprint density at radius 2 is 0.900 bits per heavy atom. The Hall–Kier alpha value is 1.16. The van der Waals surface area contributed by atoms with E-state index in [4.69, 9.17) is 0 Å². The van der Waals surface area contributed by atoms with Crippen LogP contribution in [-0.4, -0.2) is 24.6 Å². The molecule has 0 radical (unpaired) electrons. The predicted molar refractivity (Wildman–Crippen MR) is 64.5 cm³/mol. The zero-order valence-corrected chi connectivity index (χ0v) is 10.9. The summed E-state index contributed by atoms with van der Waals surface area (Å²) in [6.45, 7) is 9.41. The van der Waals surface area contributed by atoms with Gasteiger partial charge in [0, 0.05) is 7.26 Å². The maximum atomic E-state index is 2.35. The van der Waals surface area contributed by atoms with Crippen LogP contribution in [0.2, 0.25) is 0 Å². The maximum Gasteiger partial charge on any atom is 0.0565 e. The average Bonchev–Trinajstić information content (AvgIpc) is 1.95. The molecule has 0 atom stereocenters. The molecule has 2 heteroatoms. The van der Waals surface area contributed by atoms with Crippen molar-refractivity contribution in [3.63, 3.8) is 0 Å². The van der Waals surface area contributed by atoms with E-state index in [9.17, 15) is 0 Å². The summed E-state index contributed by atoms with van der Waals surface area (Å²) in [5.74, 6) is 0. The van der Waals surface area contributed by atoms with E-state index < -0.39 is 7.26 Å². The lowest BCUT2D eigenvalue weighted by molar-refractivity contribution is 1.25. The SMILES string of the molecule is CC[P+](CC)(CC)CC.I. The molecule has 0 N–H and O–H groups in total. The van der Waals surface area contributed by atoms with Crippen molar-refractivity contribution in [1.82, 2.24) is 0 Å². The summed E-state index contributed by atoms with van der Waals surface area (Å²) < 4.78 is 0. The van der Waals surface area contributed by atoms with Gasteiger partial charge in [-0.25, -0.2) is 0 Å². The average molecular weight is 275 g/mol. The Bertz CT molecular complexity index is 52.1. The van der Waals surface area contributed by atoms with Gasteiger partial charge in [-0.2, -0.15) is 0 Å². The van der Waals surface area contributed by atoms with Gasteiger partial charge in [0.15, 0.2) is 0 Å². The molecule has 0 spiro atoms. The van der Waals surface area contributed by atoms with Gasteiger partial charge in [-0.15, -0.1) is 24.0 Å². The lowest BCUT2D eigenvalue weighted by Gasteiger charge is -2.20. The van der Waals surface area contributed by atoms with Crippen LogP contribution in [0.4, 0.5) is 0 Å². The quantitative estimate of drug-likeness (QED) is 0.542. The van der Waals surface area contributed by atoms with Crippen LogP contribution in [0.1, 0.15) is 27.7 Å². The fraction of sp³-hybridized carbons (Fsp3) is 1.00. The molecule has 0 fully saturated rings. The highest BCUT2D eigenvalue weighted by atomic mass is 127. The molecule has 0 aliphatic rings. The van der Waals surface area contributed by atoms with Gasteiger partial charge in [-0.3, -0.25) is 0 Å². The summed E-state index contributed by atoms with van der Waals surface area (Å²) in [5.41, 5.74) is 0. The minimum absolute atomic E-state index is 0. The van der Waals surface area contributed by atoms with E-state index in [1.165, 1.54) is 24.6 Å². The van der Waals surface area contributed by atoms with Crippen molar-refractivity contribution in [2.24, 2.45) is 0 Å². The van der Waals surface area contributed by atoms with Crippen LogP contribution in [-0.2, 0) is 0 Å². The second-order valence-electron chi connectivity index (χ2n) is 2.61. The molecule has 64 valence electrons. The van der Waals surface area contributed by atoms with E-state index >= 15 is 0 Å². The van der Waals surface area contributed by atoms with Crippen molar-refractivity contribution in [2.75, 3.05) is 24.6 Å². The first-order valence-corrected chi connectivity index (χ1v) is 6.62. The molecule has 0 bridgehead atoms. The van der Waals surface area contributed by atoms with Gasteiger partial charge >= 0.3 is 0 Å². The molecule has 0 aliphatic heterocycles. The topological polar surface area (TPSA) is 0 Å². The molecular weight excluding hydrogens is 254 g/mol. The van der Waals surface area contributed by atoms with Gasteiger partial charge in [0.2, 0.25) is 0 Å². The summed E-state index contributed by atoms with van der Waals surface area (Å²) in [7, 11) is -0.420. The third-order valence-electron chi connectivity index (χ3n) is 2.68. The van der Waals surface area contributed by atoms with Crippen molar-refractivity contribution < 1.29 is 0 Å². The van der Waals surface area contributed by atoms with E-state index in [0.717, 1.165) is 0 Å². The van der Waals surface area contributed by atoms with Crippen LogP contribution in [0, 0.1) is 0 Å². The van der Waals surface area contributed by atoms with E-state index in [-0.39, 0.29) is 24.0 Å². The number of halogens is 1. The van der Waals surface area contributed by atoms with E-state index in [1.54, 1.807) is 0 Å². The summed E-state index contributed by atoms with van der Waals surface area (Å²) in [5, 5.41) is 0. The van der Waals surface area contributed by atoms with Crippen LogP contribution in [0.5, 0.6) is 0 Å². The molecule has 0 nitrogen and oxygen atoms in total. The first-order valence-electron chi connectivity index (χ1n) is 4.09. The highest BCUT2D eigenvalue weighted by Crippen LogP contribution is 2.57. The molecule has 0 aromatic carbocycles. The number of hydrogen-bond acceptors (Lipinski definition) is 0. The Morgan fingerprint density at radius 1 is 0.700 bits per heavy atom. The highest BCUT2D eigenvalue weighted by molar-refractivity contribution is 14.0. The van der Waals surface area contributed by atoms with Gasteiger partial charge in [0.25, 0.3) is 0 Å². The Kier molecular flexibility index (Phi) is 9.40. The Labute approximate surface area is 83.5 Å². The minimum Gasteiger partial charge on any atom is -0.107 e. The maximum absolute atomic E-state index is 2.35. The molecule has 0 saturated carbocycles. The molecule has 10 heavy (non-hydrogen) atoms. The zero-order chi connectivity index (χ0) is 7.33. The third-order valence-corrected chi connectivity index (χ3v) is 8.05. The molecule has 0 aliphatic carbocycles. The summed E-state index contributed by atoms with van der Waals surface area (Å²) in [6.07, 6.45) is 5.82. The molecule has 0 amide bonds. The predicted octanol–water partition coefficient (Wildman–Crippen LogP) is 3.70. The monoisotopic (exact) mass is 275 g/mol. The second-order valence-corrected chi connectivity index (χ2v) is 7.82. The standard InChI is InChI=1S/C8H20P.HI/c1-5-9(6-2,7-3)8-4;/h5-8H2,1-4H3;1H/q+1;. The van der Waals surface area contributed by atoms with Crippen LogP contribution in [0.25, 0.3) is 0 Å². The van der Waals surface area contributed by atoms with Crippen LogP contribution in [0.15, 0.2) is 0 Å². The second kappa shape index (κ2) is 6.84. The third kappa shape index (κ3) is 3.52. The van der Waals surface area contributed by atoms with Gasteiger partial charge in [-0.05, 0) is 27.7 Å². The van der Waals surface area contributed by atoms with Gasteiger partial charge in [0.05, 0.1) is 24.6 Å². The molecule has 0 aromatic rings. The lowest BCUT2D eigenvalue weighted by Crippen LogP contribution is -2.04. The van der Waals surface area contributed by atoms with E-state index in [0.29, 0.717) is 0 Å². The van der Waals surface area contributed by atoms with Gasteiger partial charge < -0.3 is 0 Å². The fourth-order valence-corrected chi connectivity index (χ4v) is 4.02. The Morgan fingerprint density at radius 3 is 0.900 bits per heavy atom. The van der Waals surface area contributed by atoms with Gasteiger partial charge in [-0.1, -0.05) is 0 Å². The first kappa shape index (κ1) is 13.7. The zero-order valence-electron chi connectivity index (χ0n) is 7.68. The van der Waals surface area contributed by atoms with Crippen molar-refractivity contribution in [1.29, 1.82) is 0 Å². The largest absolute Gasteiger partial charge is 0.107 e. The number of hydrogen-bond donors (Lipinski definition) is 0. The molecule has 0 rings (SSSR count).